The summed E-state index contributed by atoms with van der Waals surface area (Å²) in [6.45, 7) is 3.69. The van der Waals surface area contributed by atoms with Crippen molar-refractivity contribution in [2.45, 2.75) is 25.8 Å². The third kappa shape index (κ3) is 7.21. The van der Waals surface area contributed by atoms with Gasteiger partial charge in [-0.05, 0) is 26.6 Å². The topological polar surface area (TPSA) is 61.8 Å². The van der Waals surface area contributed by atoms with Gasteiger partial charge in [-0.2, -0.15) is 0 Å². The molecule has 1 unspecified atom stereocenters. The highest BCUT2D eigenvalue weighted by atomic mass is 127. The molecule has 0 aliphatic heterocycles. The molecule has 156 valence electrons. The summed E-state index contributed by atoms with van der Waals surface area (Å²) in [5.41, 5.74) is 1.16. The minimum absolute atomic E-state index is 0. The van der Waals surface area contributed by atoms with E-state index in [1.165, 1.54) is 4.88 Å². The average molecular weight is 517 g/mol. The van der Waals surface area contributed by atoms with Crippen LogP contribution in [0.1, 0.15) is 28.4 Å². The molecule has 6 nitrogen and oxygen atoms in total. The molecule has 28 heavy (non-hydrogen) atoms. The molecule has 0 radical (unpaired) electrons. The van der Waals surface area contributed by atoms with Crippen LogP contribution in [-0.4, -0.2) is 57.2 Å². The number of hydrogen-bond donors (Lipinski definition) is 2. The van der Waals surface area contributed by atoms with Crippen molar-refractivity contribution in [3.63, 3.8) is 0 Å². The molecule has 0 aliphatic rings. The first-order chi connectivity index (χ1) is 13.1. The zero-order valence-corrected chi connectivity index (χ0v) is 20.5. The Morgan fingerprint density at radius 2 is 2.04 bits per heavy atom. The fraction of sp³-hybridized carbons (Fsp3) is 0.500. The summed E-state index contributed by atoms with van der Waals surface area (Å²) in [6.07, 6.45) is 3.92. The largest absolute Gasteiger partial charge is 0.496 e. The number of ether oxygens (including phenoxy) is 1. The Kier molecular flexibility index (Phi) is 11.4. The molecule has 0 saturated carbocycles. The number of aromatic nitrogens is 1. The molecule has 2 N–H and O–H groups in total. The molecule has 1 aromatic carbocycles. The summed E-state index contributed by atoms with van der Waals surface area (Å²) in [4.78, 5) is 12.3. The van der Waals surface area contributed by atoms with Gasteiger partial charge in [0, 0.05) is 43.2 Å². The first kappa shape index (κ1) is 24.6. The van der Waals surface area contributed by atoms with E-state index in [0.29, 0.717) is 0 Å². The number of halogens is 1. The number of thiazole rings is 1. The highest BCUT2D eigenvalue weighted by molar-refractivity contribution is 14.0. The van der Waals surface area contributed by atoms with E-state index in [9.17, 15) is 0 Å². The number of hydrogen-bond acceptors (Lipinski definition) is 5. The fourth-order valence-corrected chi connectivity index (χ4v) is 3.70. The van der Waals surface area contributed by atoms with Crippen molar-refractivity contribution in [2.75, 3.05) is 41.3 Å². The molecule has 1 aromatic heterocycles. The summed E-state index contributed by atoms with van der Waals surface area (Å²) in [5.74, 6) is 1.69. The van der Waals surface area contributed by atoms with Gasteiger partial charge in [-0.25, -0.2) is 4.98 Å². The van der Waals surface area contributed by atoms with E-state index in [0.717, 1.165) is 48.2 Å². The molecule has 0 saturated heterocycles. The van der Waals surface area contributed by atoms with Gasteiger partial charge in [0.05, 0.1) is 18.2 Å². The molecule has 0 aliphatic carbocycles. The quantitative estimate of drug-likeness (QED) is 0.304. The van der Waals surface area contributed by atoms with Crippen LogP contribution in [0.25, 0.3) is 0 Å². The second kappa shape index (κ2) is 12.9. The molecule has 8 heteroatoms. The predicted molar refractivity (Wildman–Crippen MR) is 129 cm³/mol. The zero-order chi connectivity index (χ0) is 19.6. The van der Waals surface area contributed by atoms with Crippen LogP contribution >= 0.6 is 35.3 Å². The monoisotopic (exact) mass is 517 g/mol. The summed E-state index contributed by atoms with van der Waals surface area (Å²) in [6, 6.07) is 8.31. The highest BCUT2D eigenvalue weighted by Crippen LogP contribution is 2.27. The summed E-state index contributed by atoms with van der Waals surface area (Å²) < 4.78 is 5.53. The lowest BCUT2D eigenvalue weighted by Crippen LogP contribution is -2.42. The van der Waals surface area contributed by atoms with Crippen LogP contribution in [0.15, 0.2) is 35.5 Å². The number of nitrogens with one attached hydrogen (secondary N) is 2. The Bertz CT molecular complexity index is 735. The van der Waals surface area contributed by atoms with E-state index in [-0.39, 0.29) is 30.0 Å². The van der Waals surface area contributed by atoms with Crippen molar-refractivity contribution in [3.8, 4) is 5.75 Å². The van der Waals surface area contributed by atoms with Crippen LogP contribution in [0.3, 0.4) is 0 Å². The van der Waals surface area contributed by atoms with Gasteiger partial charge in [-0.3, -0.25) is 4.99 Å². The zero-order valence-electron chi connectivity index (χ0n) is 17.4. The van der Waals surface area contributed by atoms with Crippen LogP contribution in [0.2, 0.25) is 0 Å². The number of nitrogens with zero attached hydrogens (tertiary/aromatic N) is 3. The third-order valence-corrected chi connectivity index (χ3v) is 5.59. The van der Waals surface area contributed by atoms with Gasteiger partial charge in [0.15, 0.2) is 5.96 Å². The first-order valence-corrected chi connectivity index (χ1v) is 10.1. The standard InChI is InChI=1S/C20H31N5OS.HI/c1-6-15-13-23-19(27-15)11-12-22-20(21-2)24-14-17(25(3)4)16-9-7-8-10-18(16)26-5;/h7-10,13,17H,6,11-12,14H2,1-5H3,(H2,21,22,24);1H. The summed E-state index contributed by atoms with van der Waals surface area (Å²) >= 11 is 1.78. The third-order valence-electron chi connectivity index (χ3n) is 4.39. The Morgan fingerprint density at radius 1 is 1.29 bits per heavy atom. The second-order valence-electron chi connectivity index (χ2n) is 6.43. The second-order valence-corrected chi connectivity index (χ2v) is 7.62. The maximum absolute atomic E-state index is 5.53. The van der Waals surface area contributed by atoms with E-state index >= 15 is 0 Å². The van der Waals surface area contributed by atoms with Crippen LogP contribution in [0.4, 0.5) is 0 Å². The minimum atomic E-state index is 0. The molecular formula is C20H32IN5OS. The molecule has 1 heterocycles. The van der Waals surface area contributed by atoms with Crippen molar-refractivity contribution in [1.82, 2.24) is 20.5 Å². The smallest absolute Gasteiger partial charge is 0.191 e. The lowest BCUT2D eigenvalue weighted by Gasteiger charge is -2.27. The number of aryl methyl sites for hydroxylation is 1. The van der Waals surface area contributed by atoms with Gasteiger partial charge in [0.1, 0.15) is 5.75 Å². The lowest BCUT2D eigenvalue weighted by molar-refractivity contribution is 0.288. The van der Waals surface area contributed by atoms with Gasteiger partial charge in [0.25, 0.3) is 0 Å². The van der Waals surface area contributed by atoms with Gasteiger partial charge >= 0.3 is 0 Å². The number of aliphatic imine (C=N–C) groups is 1. The maximum Gasteiger partial charge on any atom is 0.191 e. The number of para-hydroxylation sites is 1. The number of guanidine groups is 1. The van der Waals surface area contributed by atoms with E-state index in [4.69, 9.17) is 4.74 Å². The van der Waals surface area contributed by atoms with Crippen LogP contribution in [0.5, 0.6) is 5.75 Å². The number of benzene rings is 1. The molecule has 2 aromatic rings. The van der Waals surface area contributed by atoms with Gasteiger partial charge in [0.2, 0.25) is 0 Å². The van der Waals surface area contributed by atoms with Gasteiger partial charge < -0.3 is 20.3 Å². The minimum Gasteiger partial charge on any atom is -0.496 e. The Labute approximate surface area is 189 Å². The van der Waals surface area contributed by atoms with Crippen molar-refractivity contribution < 1.29 is 4.74 Å². The van der Waals surface area contributed by atoms with Crippen molar-refractivity contribution in [1.29, 1.82) is 0 Å². The SMILES string of the molecule is CCc1cnc(CCNC(=NC)NCC(c2ccccc2OC)N(C)C)s1.I. The predicted octanol–water partition coefficient (Wildman–Crippen LogP) is 3.34. The van der Waals surface area contributed by atoms with Crippen molar-refractivity contribution >= 4 is 41.3 Å². The maximum atomic E-state index is 5.53. The van der Waals surface area contributed by atoms with E-state index < -0.39 is 0 Å². The Balaban J connectivity index is 0.00000392. The van der Waals surface area contributed by atoms with E-state index in [1.807, 2.05) is 24.4 Å². The number of likely N-dealkylation sites (N-methyl/N-ethyl adjacent to an activating group) is 1. The first-order valence-electron chi connectivity index (χ1n) is 9.26. The van der Waals surface area contributed by atoms with Crippen molar-refractivity contribution in [3.05, 3.63) is 45.9 Å². The molecule has 0 spiro atoms. The summed E-state index contributed by atoms with van der Waals surface area (Å²) in [7, 11) is 7.65. The lowest BCUT2D eigenvalue weighted by atomic mass is 10.0. The molecule has 0 fully saturated rings. The van der Waals surface area contributed by atoms with Gasteiger partial charge in [-0.1, -0.05) is 25.1 Å². The van der Waals surface area contributed by atoms with Crippen molar-refractivity contribution in [2.24, 2.45) is 4.99 Å². The summed E-state index contributed by atoms with van der Waals surface area (Å²) in [5, 5.41) is 7.97. The Hall–Kier alpha value is -1.39. The van der Waals surface area contributed by atoms with E-state index in [1.54, 1.807) is 25.5 Å². The Morgan fingerprint density at radius 3 is 2.64 bits per heavy atom. The molecule has 2 rings (SSSR count). The molecular weight excluding hydrogens is 485 g/mol. The van der Waals surface area contributed by atoms with Crippen LogP contribution in [0, 0.1) is 0 Å². The molecule has 0 bridgehead atoms. The fourth-order valence-electron chi connectivity index (χ4n) is 2.84. The molecule has 0 amide bonds. The number of methoxy groups -OCH3 is 1. The number of rotatable bonds is 9. The van der Waals surface area contributed by atoms with Crippen LogP contribution < -0.4 is 15.4 Å². The van der Waals surface area contributed by atoms with E-state index in [2.05, 4.69) is 52.6 Å². The van der Waals surface area contributed by atoms with Crippen LogP contribution in [-0.2, 0) is 12.8 Å². The normalized spacial score (nSPS) is 12.4. The highest BCUT2D eigenvalue weighted by Gasteiger charge is 2.18. The van der Waals surface area contributed by atoms with Gasteiger partial charge in [-0.15, -0.1) is 35.3 Å². The molecule has 1 atom stereocenters. The average Bonchev–Trinajstić information content (AvgIpc) is 3.14.